The molecule has 0 radical (unpaired) electrons. The number of rotatable bonds is 5. The number of hydrogen-bond acceptors (Lipinski definition) is 2. The number of halogens is 2. The topological polar surface area (TPSA) is 29.3 Å². The van der Waals surface area contributed by atoms with Crippen molar-refractivity contribution in [1.82, 2.24) is 0 Å². The fraction of sp³-hybridized carbons (Fsp3) is 0.294. The minimum Gasteiger partial charge on any atom is -0.368 e. The molecule has 0 heterocycles. The third-order valence-corrected chi connectivity index (χ3v) is 3.35. The summed E-state index contributed by atoms with van der Waals surface area (Å²) < 4.78 is 27.8. The third kappa shape index (κ3) is 4.02. The number of nitrogens with zero attached hydrogens (tertiary/aromatic N) is 1. The Morgan fingerprint density at radius 2 is 1.81 bits per heavy atom. The van der Waals surface area contributed by atoms with Crippen LogP contribution in [0.15, 0.2) is 42.5 Å². The maximum Gasteiger partial charge on any atom is 0.146 e. The van der Waals surface area contributed by atoms with Gasteiger partial charge in [0, 0.05) is 25.2 Å². The molecule has 0 saturated heterocycles. The first kappa shape index (κ1) is 15.4. The molecule has 21 heavy (non-hydrogen) atoms. The van der Waals surface area contributed by atoms with Crippen molar-refractivity contribution >= 4 is 5.69 Å². The molecule has 2 N–H and O–H groups in total. The Kier molecular flexibility index (Phi) is 4.91. The molecular weight excluding hydrogens is 270 g/mol. The Hall–Kier alpha value is -1.94. The monoisotopic (exact) mass is 290 g/mol. The molecule has 0 bridgehead atoms. The molecule has 1 unspecified atom stereocenters. The van der Waals surface area contributed by atoms with Crippen molar-refractivity contribution < 1.29 is 8.78 Å². The van der Waals surface area contributed by atoms with E-state index in [-0.39, 0.29) is 17.7 Å². The van der Waals surface area contributed by atoms with E-state index >= 15 is 0 Å². The van der Waals surface area contributed by atoms with Gasteiger partial charge < -0.3 is 10.6 Å². The Labute approximate surface area is 124 Å². The second-order valence-corrected chi connectivity index (χ2v) is 5.41. The minimum absolute atomic E-state index is 0.00797. The summed E-state index contributed by atoms with van der Waals surface area (Å²) in [5.41, 5.74) is 7.57. The first-order valence-corrected chi connectivity index (χ1v) is 6.96. The van der Waals surface area contributed by atoms with Crippen molar-refractivity contribution in [3.05, 3.63) is 65.2 Å². The molecule has 1 atom stereocenters. The van der Waals surface area contributed by atoms with E-state index in [1.165, 1.54) is 12.1 Å². The average Bonchev–Trinajstić information content (AvgIpc) is 2.40. The zero-order valence-electron chi connectivity index (χ0n) is 12.3. The third-order valence-electron chi connectivity index (χ3n) is 3.35. The maximum absolute atomic E-state index is 14.2. The van der Waals surface area contributed by atoms with Crippen LogP contribution in [0.5, 0.6) is 0 Å². The molecular formula is C17H20F2N2. The smallest absolute Gasteiger partial charge is 0.146 e. The van der Waals surface area contributed by atoms with Crippen LogP contribution in [0.2, 0.25) is 0 Å². The lowest BCUT2D eigenvalue weighted by Gasteiger charge is -2.21. The number of anilines is 1. The predicted octanol–water partition coefficient (Wildman–Crippen LogP) is 3.49. The lowest BCUT2D eigenvalue weighted by molar-refractivity contribution is 0.599. The quantitative estimate of drug-likeness (QED) is 0.913. The van der Waals surface area contributed by atoms with Gasteiger partial charge in [0.25, 0.3) is 0 Å². The van der Waals surface area contributed by atoms with Crippen LogP contribution >= 0.6 is 0 Å². The highest BCUT2D eigenvalue weighted by molar-refractivity contribution is 5.49. The van der Waals surface area contributed by atoms with Crippen LogP contribution < -0.4 is 10.6 Å². The van der Waals surface area contributed by atoms with Crippen LogP contribution in [-0.2, 0) is 13.0 Å². The molecule has 0 aliphatic carbocycles. The van der Waals surface area contributed by atoms with Crippen LogP contribution in [0.4, 0.5) is 14.5 Å². The number of nitrogens with two attached hydrogens (primary N) is 1. The van der Waals surface area contributed by atoms with Gasteiger partial charge in [-0.25, -0.2) is 8.78 Å². The van der Waals surface area contributed by atoms with E-state index in [2.05, 4.69) is 0 Å². The van der Waals surface area contributed by atoms with Crippen LogP contribution in [0.25, 0.3) is 0 Å². The van der Waals surface area contributed by atoms with Crippen molar-refractivity contribution in [2.45, 2.75) is 25.9 Å². The molecule has 2 rings (SSSR count). The molecule has 112 valence electrons. The first-order valence-electron chi connectivity index (χ1n) is 6.96. The van der Waals surface area contributed by atoms with Crippen molar-refractivity contribution in [2.75, 3.05) is 11.9 Å². The summed E-state index contributed by atoms with van der Waals surface area (Å²) in [5, 5.41) is 0. The molecule has 2 aromatic carbocycles. The van der Waals surface area contributed by atoms with Crippen LogP contribution in [0.1, 0.15) is 18.1 Å². The summed E-state index contributed by atoms with van der Waals surface area (Å²) in [6.45, 7) is 2.20. The standard InChI is InChI=1S/C17H20F2N2/c1-12(20)9-13-7-8-17(16(19)10-13)21(2)11-14-5-3-4-6-15(14)18/h3-8,10,12H,9,11,20H2,1-2H3. The lowest BCUT2D eigenvalue weighted by atomic mass is 10.1. The Balaban J connectivity index is 2.16. The predicted molar refractivity (Wildman–Crippen MR) is 82.3 cm³/mol. The zero-order chi connectivity index (χ0) is 15.4. The van der Waals surface area contributed by atoms with Gasteiger partial charge in [-0.15, -0.1) is 0 Å². The van der Waals surface area contributed by atoms with Crippen LogP contribution in [-0.4, -0.2) is 13.1 Å². The van der Waals surface area contributed by atoms with E-state index in [9.17, 15) is 8.78 Å². The molecule has 2 aromatic rings. The molecule has 0 saturated carbocycles. The summed E-state index contributed by atoms with van der Waals surface area (Å²) in [4.78, 5) is 1.70. The molecule has 0 aromatic heterocycles. The normalized spacial score (nSPS) is 12.2. The van der Waals surface area contributed by atoms with Crippen LogP contribution in [0, 0.1) is 11.6 Å². The minimum atomic E-state index is -0.313. The second-order valence-electron chi connectivity index (χ2n) is 5.41. The van der Waals surface area contributed by atoms with Gasteiger partial charge in [-0.3, -0.25) is 0 Å². The van der Waals surface area contributed by atoms with Gasteiger partial charge in [0.05, 0.1) is 5.69 Å². The summed E-state index contributed by atoms with van der Waals surface area (Å²) in [7, 11) is 1.75. The van der Waals surface area contributed by atoms with Gasteiger partial charge in [0.1, 0.15) is 11.6 Å². The molecule has 0 spiro atoms. The van der Waals surface area contributed by atoms with Crippen molar-refractivity contribution in [2.24, 2.45) is 5.73 Å². The van der Waals surface area contributed by atoms with Crippen molar-refractivity contribution in [3.63, 3.8) is 0 Å². The van der Waals surface area contributed by atoms with E-state index in [0.717, 1.165) is 5.56 Å². The molecule has 0 aliphatic heterocycles. The van der Waals surface area contributed by atoms with Gasteiger partial charge in [0.15, 0.2) is 0 Å². The second kappa shape index (κ2) is 6.68. The SMILES string of the molecule is CC(N)Cc1ccc(N(C)Cc2ccccc2F)c(F)c1. The van der Waals surface area contributed by atoms with E-state index < -0.39 is 0 Å². The highest BCUT2D eigenvalue weighted by atomic mass is 19.1. The highest BCUT2D eigenvalue weighted by Crippen LogP contribution is 2.22. The van der Waals surface area contributed by atoms with E-state index in [0.29, 0.717) is 24.2 Å². The Morgan fingerprint density at radius 3 is 2.43 bits per heavy atom. The van der Waals surface area contributed by atoms with Crippen LogP contribution in [0.3, 0.4) is 0 Å². The van der Waals surface area contributed by atoms with Crippen molar-refractivity contribution in [1.29, 1.82) is 0 Å². The van der Waals surface area contributed by atoms with E-state index in [1.54, 1.807) is 36.2 Å². The summed E-state index contributed by atoms with van der Waals surface area (Å²) >= 11 is 0. The summed E-state index contributed by atoms with van der Waals surface area (Å²) in [5.74, 6) is -0.592. The Bertz CT molecular complexity index is 611. The first-order chi connectivity index (χ1) is 9.97. The molecule has 2 nitrogen and oxygen atoms in total. The molecule has 0 aliphatic rings. The van der Waals surface area contributed by atoms with Gasteiger partial charge in [-0.1, -0.05) is 24.3 Å². The van der Waals surface area contributed by atoms with Gasteiger partial charge in [-0.2, -0.15) is 0 Å². The highest BCUT2D eigenvalue weighted by Gasteiger charge is 2.11. The summed E-state index contributed by atoms with van der Waals surface area (Å²) in [6, 6.07) is 11.6. The zero-order valence-corrected chi connectivity index (χ0v) is 12.3. The molecule has 0 amide bonds. The van der Waals surface area contributed by atoms with Crippen molar-refractivity contribution in [3.8, 4) is 0 Å². The lowest BCUT2D eigenvalue weighted by Crippen LogP contribution is -2.20. The van der Waals surface area contributed by atoms with Gasteiger partial charge in [0.2, 0.25) is 0 Å². The largest absolute Gasteiger partial charge is 0.368 e. The molecule has 4 heteroatoms. The van der Waals surface area contributed by atoms with Gasteiger partial charge >= 0.3 is 0 Å². The van der Waals surface area contributed by atoms with Gasteiger partial charge in [-0.05, 0) is 37.1 Å². The number of hydrogen-bond donors (Lipinski definition) is 1. The maximum atomic E-state index is 14.2. The average molecular weight is 290 g/mol. The fourth-order valence-corrected chi connectivity index (χ4v) is 2.33. The van der Waals surface area contributed by atoms with E-state index in [4.69, 9.17) is 5.73 Å². The number of benzene rings is 2. The fourth-order valence-electron chi connectivity index (χ4n) is 2.33. The summed E-state index contributed by atoms with van der Waals surface area (Å²) in [6.07, 6.45) is 0.633. The Morgan fingerprint density at radius 1 is 1.10 bits per heavy atom. The molecule has 0 fully saturated rings. The van der Waals surface area contributed by atoms with E-state index in [1.807, 2.05) is 13.0 Å².